The minimum atomic E-state index is 0.0363. The number of carbonyl (C=O) groups is 1. The Morgan fingerprint density at radius 2 is 0.717 bits per heavy atom. The van der Waals surface area contributed by atoms with Crippen LogP contribution in [0, 0.1) is 43.3 Å². The number of aromatic nitrogens is 9. The van der Waals surface area contributed by atoms with E-state index in [-0.39, 0.29) is 43.8 Å². The van der Waals surface area contributed by atoms with E-state index in [1.807, 2.05) is 136 Å². The number of pyridine rings is 3. The number of aryl methyl sites for hydroxylation is 6. The predicted molar refractivity (Wildman–Crippen MR) is 582 cm³/mol. The van der Waals surface area contributed by atoms with Crippen molar-refractivity contribution in [2.75, 3.05) is 93.6 Å². The molecule has 0 unspecified atom stereocenters. The Bertz CT molecular complexity index is 3530. The fourth-order valence-corrected chi connectivity index (χ4v) is 18.9. The van der Waals surface area contributed by atoms with Crippen molar-refractivity contribution in [1.29, 1.82) is 0 Å². The first kappa shape index (κ1) is 123. The van der Waals surface area contributed by atoms with Gasteiger partial charge < -0.3 is 4.90 Å². The fraction of sp³-hybridized carbons (Fsp3) is 0.725. The van der Waals surface area contributed by atoms with Crippen LogP contribution in [0.1, 0.15) is 366 Å². The van der Waals surface area contributed by atoms with Crippen LogP contribution in [0.3, 0.4) is 0 Å². The van der Waals surface area contributed by atoms with Gasteiger partial charge in [0, 0.05) is 129 Å². The van der Waals surface area contributed by atoms with Gasteiger partial charge in [0.2, 0.25) is 5.91 Å². The Labute approximate surface area is 814 Å². The van der Waals surface area contributed by atoms with Gasteiger partial charge in [0.05, 0.1) is 0 Å². The van der Waals surface area contributed by atoms with Crippen molar-refractivity contribution in [2.45, 2.75) is 368 Å². The molecule has 0 saturated heterocycles. The quantitative estimate of drug-likeness (QED) is 0.0301. The van der Waals surface area contributed by atoms with Gasteiger partial charge >= 0.3 is 0 Å². The van der Waals surface area contributed by atoms with Crippen LogP contribution in [-0.4, -0.2) is 149 Å². The average Bonchev–Trinajstić information content (AvgIpc) is 0.861. The molecule has 0 aliphatic carbocycles. The van der Waals surface area contributed by atoms with Gasteiger partial charge in [0.1, 0.15) is 18.0 Å². The van der Waals surface area contributed by atoms with Crippen LogP contribution >= 0.6 is 82.3 Å². The molecule has 0 atom stereocenters. The summed E-state index contributed by atoms with van der Waals surface area (Å²) in [5.74, 6) is 18.3. The highest BCUT2D eigenvalue weighted by atomic mass is 32.2. The lowest BCUT2D eigenvalue weighted by Crippen LogP contribution is -2.38. The molecule has 1 amide bonds. The Morgan fingerprint density at radius 1 is 0.323 bits per heavy atom. The number of amides is 1. The number of hydrogen-bond donors (Lipinski definition) is 0. The highest BCUT2D eigenvalue weighted by Gasteiger charge is 2.26. The topological polar surface area (TPSA) is 136 Å². The van der Waals surface area contributed by atoms with Gasteiger partial charge in [-0.2, -0.15) is 82.3 Å². The summed E-state index contributed by atoms with van der Waals surface area (Å²) in [6, 6.07) is 21.3. The van der Waals surface area contributed by atoms with Crippen molar-refractivity contribution in [3.63, 3.8) is 0 Å². The molecular formula is C109H190N10OS7. The molecule has 724 valence electrons. The van der Waals surface area contributed by atoms with E-state index in [0.29, 0.717) is 50.9 Å². The maximum absolute atomic E-state index is 12.2. The molecule has 0 saturated carbocycles. The van der Waals surface area contributed by atoms with E-state index in [2.05, 4.69) is 380 Å². The average molecular weight is 1880 g/mol. The fourth-order valence-electron chi connectivity index (χ4n) is 11.2. The first-order valence-electron chi connectivity index (χ1n) is 46.9. The van der Waals surface area contributed by atoms with Crippen LogP contribution in [-0.2, 0) is 75.8 Å². The zero-order valence-corrected chi connectivity index (χ0v) is 95.2. The second kappa shape index (κ2) is 57.3. The Morgan fingerprint density at radius 3 is 1.13 bits per heavy atom. The summed E-state index contributed by atoms with van der Waals surface area (Å²) in [6.07, 6.45) is 18.0. The van der Waals surface area contributed by atoms with E-state index in [9.17, 15) is 4.79 Å². The maximum atomic E-state index is 12.2. The first-order valence-corrected chi connectivity index (χ1v) is 55.0. The molecule has 0 bridgehead atoms. The maximum Gasteiger partial charge on any atom is 0.223 e. The van der Waals surface area contributed by atoms with Crippen molar-refractivity contribution in [3.8, 4) is 0 Å². The van der Waals surface area contributed by atoms with E-state index >= 15 is 0 Å². The zero-order valence-electron chi connectivity index (χ0n) is 89.4. The molecule has 6 rings (SSSR count). The minimum absolute atomic E-state index is 0.0363. The molecule has 0 aromatic carbocycles. The summed E-state index contributed by atoms with van der Waals surface area (Å²) in [7, 11) is 0. The van der Waals surface area contributed by atoms with Crippen molar-refractivity contribution < 1.29 is 4.79 Å². The van der Waals surface area contributed by atoms with E-state index < -0.39 is 0 Å². The molecule has 0 aliphatic heterocycles. The van der Waals surface area contributed by atoms with Crippen LogP contribution in [0.2, 0.25) is 0 Å². The SMILES string of the molecule is C=CCN(CC(C)(C)C)C(=O)CCSCC(C)(C)C.CC(C)(C)CSCCc1cc(C(C)(C)C)ccn1.CC(C)(C)CSCCc1cc(C(C)(C)C)ncn1.CC(C)(C)CSCCc1cccc(C(C)(C)C)n1.CC(C)(C)CSCCc1ccnc(C(C)(C)C)n1.CC(C)(C)CSCCc1nccc(C(C)(C)C)n1.CC(C)(C)CSCCc1ncccc1C(C)(C)C. The van der Waals surface area contributed by atoms with E-state index in [1.54, 1.807) is 6.33 Å². The minimum Gasteiger partial charge on any atom is -0.338 e. The second-order valence-electron chi connectivity index (χ2n) is 49.8. The van der Waals surface area contributed by atoms with E-state index in [0.717, 1.165) is 126 Å². The highest BCUT2D eigenvalue weighted by Crippen LogP contribution is 2.32. The number of rotatable bonds is 31. The highest BCUT2D eigenvalue weighted by molar-refractivity contribution is 8.00. The number of thioether (sulfide) groups is 7. The van der Waals surface area contributed by atoms with E-state index in [4.69, 9.17) is 4.98 Å². The number of carbonyl (C=O) groups excluding carboxylic acids is 1. The van der Waals surface area contributed by atoms with Gasteiger partial charge in [-0.15, -0.1) is 6.58 Å². The molecule has 0 fully saturated rings. The lowest BCUT2D eigenvalue weighted by molar-refractivity contribution is -0.131. The largest absolute Gasteiger partial charge is 0.338 e. The molecule has 6 aromatic rings. The molecule has 18 heteroatoms. The lowest BCUT2D eigenvalue weighted by Gasteiger charge is -2.29. The van der Waals surface area contributed by atoms with Crippen molar-refractivity contribution in [1.82, 2.24) is 49.8 Å². The Hall–Kier alpha value is -3.65. The van der Waals surface area contributed by atoms with E-state index in [1.165, 1.54) is 68.4 Å². The van der Waals surface area contributed by atoms with Gasteiger partial charge in [0.25, 0.3) is 0 Å². The molecule has 0 radical (unpaired) electrons. The summed E-state index contributed by atoms with van der Waals surface area (Å²) in [6.45, 7) is 99.2. The number of nitrogens with zero attached hydrogens (tertiary/aromatic N) is 10. The summed E-state index contributed by atoms with van der Waals surface area (Å²) in [4.78, 5) is 54.7. The molecule has 0 N–H and O–H groups in total. The Balaban J connectivity index is 0.00000146. The normalized spacial score (nSPS) is 12.7. The molecule has 0 spiro atoms. The number of hydrogen-bond acceptors (Lipinski definition) is 17. The van der Waals surface area contributed by atoms with Gasteiger partial charge in [-0.1, -0.05) is 309 Å². The second-order valence-corrected chi connectivity index (χ2v) is 57.6. The lowest BCUT2D eigenvalue weighted by atomic mass is 9.85. The van der Waals surface area contributed by atoms with Crippen molar-refractivity contribution in [3.05, 3.63) is 173 Å². The van der Waals surface area contributed by atoms with Crippen LogP contribution < -0.4 is 0 Å². The molecule has 0 aliphatic rings. The molecule has 6 aromatic heterocycles. The van der Waals surface area contributed by atoms with Crippen LogP contribution in [0.15, 0.2) is 104 Å². The summed E-state index contributed by atoms with van der Waals surface area (Å²) >= 11 is 14.0. The predicted octanol–water partition coefficient (Wildman–Crippen LogP) is 30.6. The molecule has 127 heavy (non-hydrogen) atoms. The molecular weight excluding hydrogens is 1690 g/mol. The third-order valence-electron chi connectivity index (χ3n) is 17.8. The van der Waals surface area contributed by atoms with Crippen molar-refractivity contribution >= 4 is 88.2 Å². The molecule has 6 heterocycles. The van der Waals surface area contributed by atoms with Crippen LogP contribution in [0.25, 0.3) is 0 Å². The van der Waals surface area contributed by atoms with Gasteiger partial charge in [-0.05, 0) is 215 Å². The summed E-state index contributed by atoms with van der Waals surface area (Å²) < 4.78 is 0. The smallest absolute Gasteiger partial charge is 0.223 e. The Kier molecular flexibility index (Phi) is 55.6. The van der Waals surface area contributed by atoms with Crippen LogP contribution in [0.4, 0.5) is 0 Å². The van der Waals surface area contributed by atoms with Gasteiger partial charge in [0.15, 0.2) is 0 Å². The third kappa shape index (κ3) is 68.1. The standard InChI is InChI=1S/C16H31NOS.3C16H27NS.3C15H26N2S/c1-8-10-17(12-15(2,3)4)14(18)9-11-19-13-16(5,6)7;1-15(2,3)12-18-10-8-14-11-13(7-9-17-14)16(4,5)6;1-15(2,3)12-18-11-9-14-13(16(4,5)6)8-7-10-17-14;1-15(2,3)12-18-11-10-13-8-7-9-14(17-13)16(4,5)6;1-14(2,3)11-18-10-8-13-16-9-7-12(17-13)15(4,5)6;1-14(2,3)11-18-10-8-12-7-9-16-13(17-12)15(4,5)6;1-14(2,3)10-18-8-7-12-9-13(15(4,5)6)17-11-16-12/h8H,1,9-13H2,2-7H3;7,9,11H,8,10,12H2,1-6H3;7-8,10H,9,11-12H2,1-6H3;7-9H,10-12H2,1-6H3;2*7,9H,8,10-11H2,1-6H3;9,11H,7-8,10H2,1-6H3. The van der Waals surface area contributed by atoms with Gasteiger partial charge in [-0.25, -0.2) is 29.9 Å². The summed E-state index contributed by atoms with van der Waals surface area (Å²) in [5, 5.41) is 0. The van der Waals surface area contributed by atoms with Crippen molar-refractivity contribution in [2.24, 2.45) is 43.3 Å². The first-order chi connectivity index (χ1) is 57.7. The zero-order chi connectivity index (χ0) is 98.0. The van der Waals surface area contributed by atoms with Gasteiger partial charge in [-0.3, -0.25) is 19.7 Å². The van der Waals surface area contributed by atoms with Crippen LogP contribution in [0.5, 0.6) is 0 Å². The molecule has 11 nitrogen and oxygen atoms in total. The summed E-state index contributed by atoms with van der Waals surface area (Å²) in [5.41, 5.74) is 16.0. The third-order valence-corrected chi connectivity index (χ3v) is 28.8. The monoisotopic (exact) mass is 1880 g/mol.